The van der Waals surface area contributed by atoms with Crippen molar-refractivity contribution in [2.24, 2.45) is 0 Å². The minimum atomic E-state index is -3.53. The van der Waals surface area contributed by atoms with Crippen LogP contribution in [0, 0.1) is 0 Å². The number of hydrogen-bond acceptors (Lipinski definition) is 5. The molecule has 0 spiro atoms. The summed E-state index contributed by atoms with van der Waals surface area (Å²) in [6.07, 6.45) is 0. The standard InChI is InChI=1S/C18H20ClN3O3S2/c1-21(2)27(24,25)15-7-8-17-16(11-15)22(9-10-26-17)12-18(23)20-14-5-3-13(19)4-6-14/h3-8,11H,9-10,12H2,1-2H3,(H,20,23). The molecule has 0 saturated heterocycles. The molecule has 0 aliphatic carbocycles. The van der Waals surface area contributed by atoms with Gasteiger partial charge >= 0.3 is 0 Å². The summed E-state index contributed by atoms with van der Waals surface area (Å²) < 4.78 is 26.0. The number of halogens is 1. The molecule has 1 heterocycles. The Morgan fingerprint density at radius 1 is 1.22 bits per heavy atom. The van der Waals surface area contributed by atoms with Crippen LogP contribution in [0.1, 0.15) is 0 Å². The van der Waals surface area contributed by atoms with E-state index in [9.17, 15) is 13.2 Å². The third-order valence-corrected chi connectivity index (χ3v) is 7.24. The number of rotatable bonds is 5. The Morgan fingerprint density at radius 2 is 1.93 bits per heavy atom. The van der Waals surface area contributed by atoms with Crippen molar-refractivity contribution >= 4 is 50.7 Å². The lowest BCUT2D eigenvalue weighted by atomic mass is 10.2. The van der Waals surface area contributed by atoms with Gasteiger partial charge in [-0.05, 0) is 42.5 Å². The molecule has 1 aliphatic heterocycles. The van der Waals surface area contributed by atoms with Crippen LogP contribution in [0.5, 0.6) is 0 Å². The third-order valence-electron chi connectivity index (χ3n) is 4.13. The maximum atomic E-state index is 12.4. The molecule has 6 nitrogen and oxygen atoms in total. The largest absolute Gasteiger partial charge is 0.360 e. The SMILES string of the molecule is CN(C)S(=O)(=O)c1ccc2c(c1)N(CC(=O)Nc1ccc(Cl)cc1)CCS2. The summed E-state index contributed by atoms with van der Waals surface area (Å²) in [5.74, 6) is 0.664. The highest BCUT2D eigenvalue weighted by Crippen LogP contribution is 2.36. The Morgan fingerprint density at radius 3 is 2.59 bits per heavy atom. The Hall–Kier alpha value is -1.74. The number of amides is 1. The summed E-state index contributed by atoms with van der Waals surface area (Å²) in [4.78, 5) is 15.5. The van der Waals surface area contributed by atoms with Crippen LogP contribution in [0.15, 0.2) is 52.3 Å². The lowest BCUT2D eigenvalue weighted by Crippen LogP contribution is -2.37. The molecule has 3 rings (SSSR count). The molecule has 0 aromatic heterocycles. The van der Waals surface area contributed by atoms with Gasteiger partial charge in [-0.2, -0.15) is 0 Å². The first kappa shape index (κ1) is 20.0. The van der Waals surface area contributed by atoms with Gasteiger partial charge in [-0.15, -0.1) is 11.8 Å². The van der Waals surface area contributed by atoms with Gasteiger partial charge in [-0.3, -0.25) is 4.79 Å². The normalized spacial score (nSPS) is 14.1. The van der Waals surface area contributed by atoms with E-state index in [0.29, 0.717) is 17.3 Å². The van der Waals surface area contributed by atoms with Crippen LogP contribution in [0.25, 0.3) is 0 Å². The smallest absolute Gasteiger partial charge is 0.243 e. The molecule has 144 valence electrons. The number of carbonyl (C=O) groups is 1. The highest BCUT2D eigenvalue weighted by molar-refractivity contribution is 7.99. The molecule has 1 N–H and O–H groups in total. The molecule has 0 unspecified atom stereocenters. The zero-order chi connectivity index (χ0) is 19.6. The number of benzene rings is 2. The molecule has 0 atom stereocenters. The summed E-state index contributed by atoms with van der Waals surface area (Å²) in [6, 6.07) is 12.0. The van der Waals surface area contributed by atoms with Crippen LogP contribution >= 0.6 is 23.4 Å². The molecular formula is C18H20ClN3O3S2. The topological polar surface area (TPSA) is 69.7 Å². The average molecular weight is 426 g/mol. The van der Waals surface area contributed by atoms with Crippen molar-refractivity contribution in [2.45, 2.75) is 9.79 Å². The number of fused-ring (bicyclic) bond motifs is 1. The van der Waals surface area contributed by atoms with Crippen molar-refractivity contribution in [3.05, 3.63) is 47.5 Å². The van der Waals surface area contributed by atoms with E-state index in [1.165, 1.54) is 18.4 Å². The quantitative estimate of drug-likeness (QED) is 0.796. The van der Waals surface area contributed by atoms with Crippen LogP contribution < -0.4 is 10.2 Å². The molecule has 0 radical (unpaired) electrons. The van der Waals surface area contributed by atoms with Gasteiger partial charge in [-0.25, -0.2) is 12.7 Å². The zero-order valence-corrected chi connectivity index (χ0v) is 17.4. The second-order valence-corrected chi connectivity index (χ2v) is 9.97. The summed E-state index contributed by atoms with van der Waals surface area (Å²) in [6.45, 7) is 0.804. The van der Waals surface area contributed by atoms with Crippen molar-refractivity contribution in [3.63, 3.8) is 0 Å². The van der Waals surface area contributed by atoms with Crippen LogP contribution in [0.4, 0.5) is 11.4 Å². The van der Waals surface area contributed by atoms with Crippen molar-refractivity contribution in [2.75, 3.05) is 43.2 Å². The van der Waals surface area contributed by atoms with Crippen molar-refractivity contribution < 1.29 is 13.2 Å². The first-order valence-corrected chi connectivity index (χ1v) is 11.1. The number of carbonyl (C=O) groups excluding carboxylic acids is 1. The Balaban J connectivity index is 1.80. The highest BCUT2D eigenvalue weighted by Gasteiger charge is 2.24. The number of anilines is 2. The average Bonchev–Trinajstić information content (AvgIpc) is 2.63. The fraction of sp³-hybridized carbons (Fsp3) is 0.278. The molecule has 0 fully saturated rings. The van der Waals surface area contributed by atoms with E-state index < -0.39 is 10.0 Å². The van der Waals surface area contributed by atoms with Gasteiger partial charge in [0.25, 0.3) is 0 Å². The van der Waals surface area contributed by atoms with Crippen LogP contribution in [-0.4, -0.2) is 51.6 Å². The van der Waals surface area contributed by atoms with Gasteiger partial charge < -0.3 is 10.2 Å². The molecule has 2 aromatic rings. The molecular weight excluding hydrogens is 406 g/mol. The maximum Gasteiger partial charge on any atom is 0.243 e. The van der Waals surface area contributed by atoms with E-state index in [-0.39, 0.29) is 17.3 Å². The predicted octanol–water partition coefficient (Wildman–Crippen LogP) is 3.14. The fourth-order valence-electron chi connectivity index (χ4n) is 2.70. The van der Waals surface area contributed by atoms with Gasteiger partial charge in [0.15, 0.2) is 0 Å². The Bertz CT molecular complexity index is 947. The summed E-state index contributed by atoms with van der Waals surface area (Å²) in [5.41, 5.74) is 1.43. The molecule has 1 amide bonds. The monoisotopic (exact) mass is 425 g/mol. The van der Waals surface area contributed by atoms with E-state index in [0.717, 1.165) is 16.3 Å². The molecule has 9 heteroatoms. The number of nitrogens with one attached hydrogen (secondary N) is 1. The lowest BCUT2D eigenvalue weighted by molar-refractivity contribution is -0.115. The number of thioether (sulfide) groups is 1. The zero-order valence-electron chi connectivity index (χ0n) is 15.0. The summed E-state index contributed by atoms with van der Waals surface area (Å²) in [5, 5.41) is 3.44. The Kier molecular flexibility index (Phi) is 6.00. The molecule has 1 aliphatic rings. The Labute approximate surface area is 168 Å². The lowest BCUT2D eigenvalue weighted by Gasteiger charge is -2.30. The molecule has 27 heavy (non-hydrogen) atoms. The van der Waals surface area contributed by atoms with E-state index >= 15 is 0 Å². The number of nitrogens with zero attached hydrogens (tertiary/aromatic N) is 2. The van der Waals surface area contributed by atoms with Gasteiger partial charge in [-0.1, -0.05) is 11.6 Å². The second-order valence-electron chi connectivity index (χ2n) is 6.24. The van der Waals surface area contributed by atoms with Crippen LogP contribution in [0.3, 0.4) is 0 Å². The van der Waals surface area contributed by atoms with E-state index in [4.69, 9.17) is 11.6 Å². The van der Waals surface area contributed by atoms with Crippen molar-refractivity contribution in [1.82, 2.24) is 4.31 Å². The second kappa shape index (κ2) is 8.10. The highest BCUT2D eigenvalue weighted by atomic mass is 35.5. The van der Waals surface area contributed by atoms with E-state index in [1.807, 2.05) is 4.90 Å². The van der Waals surface area contributed by atoms with Gasteiger partial charge in [0, 0.05) is 42.0 Å². The van der Waals surface area contributed by atoms with Crippen LogP contribution in [-0.2, 0) is 14.8 Å². The predicted molar refractivity (Wildman–Crippen MR) is 110 cm³/mol. The fourth-order valence-corrected chi connectivity index (χ4v) is 4.78. The minimum absolute atomic E-state index is 0.141. The number of sulfonamides is 1. The first-order chi connectivity index (χ1) is 12.8. The molecule has 0 bridgehead atoms. The maximum absolute atomic E-state index is 12.4. The van der Waals surface area contributed by atoms with Crippen molar-refractivity contribution in [1.29, 1.82) is 0 Å². The van der Waals surface area contributed by atoms with E-state index in [1.54, 1.807) is 54.2 Å². The summed E-state index contributed by atoms with van der Waals surface area (Å²) >= 11 is 7.51. The van der Waals surface area contributed by atoms with Crippen molar-refractivity contribution in [3.8, 4) is 0 Å². The molecule has 2 aromatic carbocycles. The number of hydrogen-bond donors (Lipinski definition) is 1. The van der Waals surface area contributed by atoms with E-state index in [2.05, 4.69) is 5.32 Å². The van der Waals surface area contributed by atoms with Gasteiger partial charge in [0.2, 0.25) is 15.9 Å². The van der Waals surface area contributed by atoms with Gasteiger partial charge in [0.1, 0.15) is 0 Å². The van der Waals surface area contributed by atoms with Gasteiger partial charge in [0.05, 0.1) is 17.1 Å². The first-order valence-electron chi connectivity index (χ1n) is 8.27. The van der Waals surface area contributed by atoms with Crippen LogP contribution in [0.2, 0.25) is 5.02 Å². The minimum Gasteiger partial charge on any atom is -0.360 e. The third kappa shape index (κ3) is 4.57. The molecule has 0 saturated carbocycles. The summed E-state index contributed by atoms with van der Waals surface area (Å²) in [7, 11) is -0.529.